The number of amides is 2. The summed E-state index contributed by atoms with van der Waals surface area (Å²) in [7, 11) is 1.61. The van der Waals surface area contributed by atoms with Gasteiger partial charge in [0.2, 0.25) is 0 Å². The second-order valence-corrected chi connectivity index (χ2v) is 5.37. The second-order valence-electron chi connectivity index (χ2n) is 5.37. The molecule has 5 nitrogen and oxygen atoms in total. The van der Waals surface area contributed by atoms with Crippen LogP contribution in [0.3, 0.4) is 0 Å². The summed E-state index contributed by atoms with van der Waals surface area (Å²) in [5.41, 5.74) is 0.740. The molecule has 1 aromatic rings. The minimum absolute atomic E-state index is 0.163. The minimum atomic E-state index is -0.163. The molecule has 0 aliphatic carbocycles. The van der Waals surface area contributed by atoms with Gasteiger partial charge in [-0.05, 0) is 57.5 Å². The summed E-state index contributed by atoms with van der Waals surface area (Å²) in [6.45, 7) is 4.34. The van der Waals surface area contributed by atoms with Crippen LogP contribution in [0.2, 0.25) is 0 Å². The monoisotopic (exact) mass is 291 g/mol. The zero-order chi connectivity index (χ0) is 14.9. The topological polar surface area (TPSA) is 53.6 Å². The molecule has 21 heavy (non-hydrogen) atoms. The van der Waals surface area contributed by atoms with E-state index in [-0.39, 0.29) is 6.03 Å². The van der Waals surface area contributed by atoms with E-state index in [0.717, 1.165) is 30.8 Å². The maximum Gasteiger partial charge on any atom is 0.319 e. The van der Waals surface area contributed by atoms with Crippen LogP contribution in [-0.2, 0) is 0 Å². The van der Waals surface area contributed by atoms with Gasteiger partial charge in [0.1, 0.15) is 5.75 Å². The number of urea groups is 1. The largest absolute Gasteiger partial charge is 0.497 e. The highest BCUT2D eigenvalue weighted by Crippen LogP contribution is 2.16. The summed E-state index contributed by atoms with van der Waals surface area (Å²) in [6, 6.07) is 7.18. The first-order chi connectivity index (χ1) is 10.3. The molecular weight excluding hydrogens is 266 g/mol. The van der Waals surface area contributed by atoms with Crippen molar-refractivity contribution < 1.29 is 9.53 Å². The molecule has 2 N–H and O–H groups in total. The van der Waals surface area contributed by atoms with Crippen molar-refractivity contribution in [2.45, 2.75) is 25.7 Å². The van der Waals surface area contributed by atoms with E-state index >= 15 is 0 Å². The fourth-order valence-electron chi connectivity index (χ4n) is 2.54. The number of anilines is 1. The third kappa shape index (κ3) is 5.63. The van der Waals surface area contributed by atoms with Gasteiger partial charge in [-0.25, -0.2) is 4.79 Å². The van der Waals surface area contributed by atoms with Crippen molar-refractivity contribution in [3.8, 4) is 5.75 Å². The average molecular weight is 291 g/mol. The van der Waals surface area contributed by atoms with Gasteiger partial charge in [-0.1, -0.05) is 6.07 Å². The third-order valence-electron chi connectivity index (χ3n) is 3.71. The van der Waals surface area contributed by atoms with E-state index in [0.29, 0.717) is 6.54 Å². The van der Waals surface area contributed by atoms with Crippen molar-refractivity contribution in [1.29, 1.82) is 0 Å². The quantitative estimate of drug-likeness (QED) is 0.759. The highest BCUT2D eigenvalue weighted by Gasteiger charge is 2.10. The van der Waals surface area contributed by atoms with Crippen LogP contribution in [0.4, 0.5) is 10.5 Å². The normalized spacial score (nSPS) is 14.9. The van der Waals surface area contributed by atoms with E-state index in [2.05, 4.69) is 15.5 Å². The summed E-state index contributed by atoms with van der Waals surface area (Å²) in [6.07, 6.45) is 4.82. The SMILES string of the molecule is COc1cccc(NC(=O)NCCCCN2CCCC2)c1. The predicted molar refractivity (Wildman–Crippen MR) is 84.9 cm³/mol. The molecule has 0 spiro atoms. The molecular formula is C16H25N3O2. The van der Waals surface area contributed by atoms with Gasteiger partial charge in [0.25, 0.3) is 0 Å². The molecule has 2 rings (SSSR count). The second kappa shape index (κ2) is 8.52. The molecule has 0 unspecified atom stereocenters. The van der Waals surface area contributed by atoms with Gasteiger partial charge in [-0.15, -0.1) is 0 Å². The van der Waals surface area contributed by atoms with Crippen molar-refractivity contribution in [1.82, 2.24) is 10.2 Å². The van der Waals surface area contributed by atoms with E-state index in [1.165, 1.54) is 25.9 Å². The standard InChI is InChI=1S/C16H25N3O2/c1-21-15-8-6-7-14(13-15)18-16(20)17-9-2-3-10-19-11-4-5-12-19/h6-8,13H,2-5,9-12H2,1H3,(H2,17,18,20). The van der Waals surface area contributed by atoms with Gasteiger partial charge >= 0.3 is 6.03 Å². The van der Waals surface area contributed by atoms with Crippen LogP contribution in [0.5, 0.6) is 5.75 Å². The van der Waals surface area contributed by atoms with E-state index in [1.807, 2.05) is 18.2 Å². The van der Waals surface area contributed by atoms with Crippen LogP contribution in [0, 0.1) is 0 Å². The number of ether oxygens (including phenoxy) is 1. The summed E-state index contributed by atoms with van der Waals surface area (Å²) >= 11 is 0. The molecule has 1 saturated heterocycles. The Labute approximate surface area is 126 Å². The number of nitrogens with zero attached hydrogens (tertiary/aromatic N) is 1. The van der Waals surface area contributed by atoms with Gasteiger partial charge in [0.05, 0.1) is 7.11 Å². The summed E-state index contributed by atoms with van der Waals surface area (Å²) in [5.74, 6) is 0.735. The lowest BCUT2D eigenvalue weighted by molar-refractivity contribution is 0.251. The van der Waals surface area contributed by atoms with Crippen molar-refractivity contribution in [3.05, 3.63) is 24.3 Å². The van der Waals surface area contributed by atoms with Gasteiger partial charge < -0.3 is 20.3 Å². The highest BCUT2D eigenvalue weighted by molar-refractivity contribution is 5.89. The number of nitrogens with one attached hydrogen (secondary N) is 2. The van der Waals surface area contributed by atoms with E-state index in [1.54, 1.807) is 13.2 Å². The molecule has 116 valence electrons. The van der Waals surface area contributed by atoms with E-state index in [9.17, 15) is 4.79 Å². The van der Waals surface area contributed by atoms with E-state index < -0.39 is 0 Å². The average Bonchev–Trinajstić information content (AvgIpc) is 3.00. The lowest BCUT2D eigenvalue weighted by atomic mass is 10.3. The minimum Gasteiger partial charge on any atom is -0.497 e. The Kier molecular flexibility index (Phi) is 6.34. The number of hydrogen-bond donors (Lipinski definition) is 2. The maximum absolute atomic E-state index is 11.8. The molecule has 2 amide bonds. The molecule has 1 aromatic carbocycles. The van der Waals surface area contributed by atoms with E-state index in [4.69, 9.17) is 4.74 Å². The van der Waals surface area contributed by atoms with Crippen LogP contribution >= 0.6 is 0 Å². The third-order valence-corrected chi connectivity index (χ3v) is 3.71. The summed E-state index contributed by atoms with van der Waals surface area (Å²) in [5, 5.41) is 5.69. The highest BCUT2D eigenvalue weighted by atomic mass is 16.5. The Balaban J connectivity index is 1.58. The number of rotatable bonds is 7. The molecule has 1 fully saturated rings. The van der Waals surface area contributed by atoms with Crippen LogP contribution in [0.25, 0.3) is 0 Å². The first-order valence-electron chi connectivity index (χ1n) is 7.69. The predicted octanol–water partition coefficient (Wildman–Crippen LogP) is 2.69. The number of likely N-dealkylation sites (tertiary alicyclic amines) is 1. The molecule has 0 saturated carbocycles. The zero-order valence-corrected chi connectivity index (χ0v) is 12.7. The Morgan fingerprint density at radius 2 is 2.10 bits per heavy atom. The number of hydrogen-bond acceptors (Lipinski definition) is 3. The summed E-state index contributed by atoms with van der Waals surface area (Å²) < 4.78 is 5.12. The first-order valence-corrected chi connectivity index (χ1v) is 7.69. The Bertz CT molecular complexity index is 445. The first kappa shape index (κ1) is 15.6. The Morgan fingerprint density at radius 1 is 1.29 bits per heavy atom. The molecule has 0 atom stereocenters. The number of methoxy groups -OCH3 is 1. The molecule has 0 bridgehead atoms. The lowest BCUT2D eigenvalue weighted by Gasteiger charge is -2.14. The van der Waals surface area contributed by atoms with Crippen LogP contribution < -0.4 is 15.4 Å². The fraction of sp³-hybridized carbons (Fsp3) is 0.562. The molecule has 0 aromatic heterocycles. The van der Waals surface area contributed by atoms with Gasteiger partial charge in [-0.3, -0.25) is 0 Å². The van der Waals surface area contributed by atoms with Crippen LogP contribution in [0.1, 0.15) is 25.7 Å². The molecule has 5 heteroatoms. The molecule has 1 heterocycles. The molecule has 1 aliphatic rings. The van der Waals surface area contributed by atoms with Crippen molar-refractivity contribution in [2.24, 2.45) is 0 Å². The molecule has 1 aliphatic heterocycles. The van der Waals surface area contributed by atoms with Crippen molar-refractivity contribution >= 4 is 11.7 Å². The number of benzene rings is 1. The number of carbonyl (C=O) groups excluding carboxylic acids is 1. The maximum atomic E-state index is 11.8. The lowest BCUT2D eigenvalue weighted by Crippen LogP contribution is -2.30. The van der Waals surface area contributed by atoms with Crippen molar-refractivity contribution in [2.75, 3.05) is 38.6 Å². The number of unbranched alkanes of at least 4 members (excludes halogenated alkanes) is 1. The number of carbonyl (C=O) groups is 1. The van der Waals surface area contributed by atoms with Crippen LogP contribution in [0.15, 0.2) is 24.3 Å². The molecule has 0 radical (unpaired) electrons. The van der Waals surface area contributed by atoms with Gasteiger partial charge in [-0.2, -0.15) is 0 Å². The van der Waals surface area contributed by atoms with Gasteiger partial charge in [0, 0.05) is 18.3 Å². The van der Waals surface area contributed by atoms with Crippen LogP contribution in [-0.4, -0.2) is 44.2 Å². The van der Waals surface area contributed by atoms with Gasteiger partial charge in [0.15, 0.2) is 0 Å². The summed E-state index contributed by atoms with van der Waals surface area (Å²) in [4.78, 5) is 14.3. The Hall–Kier alpha value is -1.75. The zero-order valence-electron chi connectivity index (χ0n) is 12.7. The fourth-order valence-corrected chi connectivity index (χ4v) is 2.54. The smallest absolute Gasteiger partial charge is 0.319 e. The Morgan fingerprint density at radius 3 is 2.86 bits per heavy atom. The van der Waals surface area contributed by atoms with Crippen molar-refractivity contribution in [3.63, 3.8) is 0 Å².